The van der Waals surface area contributed by atoms with Gasteiger partial charge in [0.2, 0.25) is 0 Å². The van der Waals surface area contributed by atoms with Crippen molar-refractivity contribution >= 4 is 23.4 Å². The molecule has 1 aromatic rings. The number of rotatable bonds is 10. The second-order valence-electron chi connectivity index (χ2n) is 6.98. The molecule has 0 amide bonds. The smallest absolute Gasteiger partial charge is 0.335 e. The minimum Gasteiger partial charge on any atom is -0.492 e. The number of halogens is 1. The van der Waals surface area contributed by atoms with Gasteiger partial charge in [0.15, 0.2) is 11.9 Å². The van der Waals surface area contributed by atoms with Crippen LogP contribution < -0.4 is 10.2 Å². The Bertz CT molecular complexity index is 878. The third-order valence-corrected chi connectivity index (χ3v) is 5.15. The van der Waals surface area contributed by atoms with Gasteiger partial charge in [-0.15, -0.1) is 11.6 Å². The van der Waals surface area contributed by atoms with Gasteiger partial charge < -0.3 is 19.6 Å². The number of carbonyl (C=O) groups is 2. The molecule has 0 fully saturated rings. The van der Waals surface area contributed by atoms with Gasteiger partial charge in [-0.3, -0.25) is 9.80 Å². The average molecular weight is 447 g/mol. The highest BCUT2D eigenvalue weighted by Gasteiger charge is 2.26. The molecule has 1 aliphatic carbocycles. The number of alkyl halides is 1. The molecule has 0 spiro atoms. The summed E-state index contributed by atoms with van der Waals surface area (Å²) in [5, 5.41) is 1.25. The number of esters is 1. The summed E-state index contributed by atoms with van der Waals surface area (Å²) in [6.45, 7) is 5.42. The van der Waals surface area contributed by atoms with Crippen LogP contribution in [-0.4, -0.2) is 54.6 Å². The van der Waals surface area contributed by atoms with Crippen LogP contribution in [0.2, 0.25) is 0 Å². The molecule has 0 radical (unpaired) electrons. The van der Waals surface area contributed by atoms with E-state index in [1.807, 2.05) is 48.5 Å². The summed E-state index contributed by atoms with van der Waals surface area (Å²) in [6, 6.07) is 7.56. The quantitative estimate of drug-likeness (QED) is 0.437. The Morgan fingerprint density at radius 3 is 2.71 bits per heavy atom. The van der Waals surface area contributed by atoms with Crippen molar-refractivity contribution < 1.29 is 23.8 Å². The number of ether oxygens (including phenoxy) is 3. The van der Waals surface area contributed by atoms with Gasteiger partial charge >= 0.3 is 5.97 Å². The first kappa shape index (κ1) is 22.9. The number of carbonyl (C=O) groups excluding carboxylic acids is 2. The normalized spacial score (nSPS) is 18.5. The number of hydrazine groups is 1. The molecule has 0 saturated heterocycles. The number of hydrogen-bond acceptors (Lipinski definition) is 7. The van der Waals surface area contributed by atoms with Gasteiger partial charge in [0, 0.05) is 36.6 Å². The summed E-state index contributed by atoms with van der Waals surface area (Å²) < 4.78 is 16.4. The summed E-state index contributed by atoms with van der Waals surface area (Å²) in [5.74, 6) is 0.279. The van der Waals surface area contributed by atoms with E-state index >= 15 is 0 Å². The molecule has 1 heterocycles. The lowest BCUT2D eigenvalue weighted by molar-refractivity contribution is -0.156. The van der Waals surface area contributed by atoms with Crippen LogP contribution in [0.4, 0.5) is 0 Å². The monoisotopic (exact) mass is 446 g/mol. The van der Waals surface area contributed by atoms with Crippen LogP contribution in [0.25, 0.3) is 0 Å². The zero-order chi connectivity index (χ0) is 22.2. The van der Waals surface area contributed by atoms with Crippen LogP contribution in [0, 0.1) is 0 Å². The van der Waals surface area contributed by atoms with Crippen molar-refractivity contribution in [1.82, 2.24) is 10.4 Å². The Labute approximate surface area is 187 Å². The molecule has 2 unspecified atom stereocenters. The lowest BCUT2D eigenvalue weighted by Gasteiger charge is -2.28. The molecule has 166 valence electrons. The van der Waals surface area contributed by atoms with Gasteiger partial charge in [0.1, 0.15) is 17.7 Å². The fourth-order valence-corrected chi connectivity index (χ4v) is 3.44. The number of hydrogen-bond donors (Lipinski definition) is 1. The Kier molecular flexibility index (Phi) is 8.14. The maximum absolute atomic E-state index is 12.1. The fourth-order valence-electron chi connectivity index (χ4n) is 3.25. The van der Waals surface area contributed by atoms with Gasteiger partial charge in [-0.1, -0.05) is 24.3 Å². The molecule has 0 aromatic heterocycles. The molecule has 3 rings (SSSR count). The number of allylic oxidation sites excluding steroid dienone is 4. The molecule has 31 heavy (non-hydrogen) atoms. The first-order valence-corrected chi connectivity index (χ1v) is 10.8. The molecule has 2 atom stereocenters. The predicted molar refractivity (Wildman–Crippen MR) is 117 cm³/mol. The zero-order valence-electron chi connectivity index (χ0n) is 17.7. The molecule has 1 N–H and O–H groups in total. The van der Waals surface area contributed by atoms with E-state index in [1.54, 1.807) is 19.2 Å². The fraction of sp³-hybridized carbons (Fsp3) is 0.391. The minimum absolute atomic E-state index is 0.103. The molecular formula is C23H27ClN2O5. The van der Waals surface area contributed by atoms with Crippen LogP contribution >= 0.6 is 11.6 Å². The summed E-state index contributed by atoms with van der Waals surface area (Å²) in [5.41, 5.74) is 5.44. The van der Waals surface area contributed by atoms with Crippen molar-refractivity contribution in [3.8, 4) is 5.75 Å². The molecule has 7 nitrogen and oxygen atoms in total. The van der Waals surface area contributed by atoms with Crippen molar-refractivity contribution in [3.63, 3.8) is 0 Å². The highest BCUT2D eigenvalue weighted by Crippen LogP contribution is 2.25. The van der Waals surface area contributed by atoms with Crippen LogP contribution in [0.5, 0.6) is 5.75 Å². The number of benzene rings is 1. The van der Waals surface area contributed by atoms with E-state index < -0.39 is 11.5 Å². The number of nitrogens with zero attached hydrogens (tertiary/aromatic N) is 1. The molecule has 8 heteroatoms. The summed E-state index contributed by atoms with van der Waals surface area (Å²) in [6.07, 6.45) is 6.91. The van der Waals surface area contributed by atoms with E-state index in [9.17, 15) is 9.59 Å². The maximum atomic E-state index is 12.1. The average Bonchev–Trinajstić information content (AvgIpc) is 2.77. The Hall–Kier alpha value is -2.77. The van der Waals surface area contributed by atoms with Gasteiger partial charge in [0.25, 0.3) is 0 Å². The maximum Gasteiger partial charge on any atom is 0.335 e. The lowest BCUT2D eigenvalue weighted by atomic mass is 9.94. The Morgan fingerprint density at radius 2 is 2.00 bits per heavy atom. The van der Waals surface area contributed by atoms with Crippen molar-refractivity contribution in [2.24, 2.45) is 0 Å². The van der Waals surface area contributed by atoms with Gasteiger partial charge in [-0.2, -0.15) is 0 Å². The van der Waals surface area contributed by atoms with E-state index in [1.165, 1.54) is 0 Å². The van der Waals surface area contributed by atoms with Crippen molar-refractivity contribution in [2.75, 3.05) is 26.4 Å². The van der Waals surface area contributed by atoms with Crippen molar-refractivity contribution in [3.05, 3.63) is 65.5 Å². The van der Waals surface area contributed by atoms with Gasteiger partial charge in [0.05, 0.1) is 13.2 Å². The van der Waals surface area contributed by atoms with Gasteiger partial charge in [-0.05, 0) is 31.5 Å². The van der Waals surface area contributed by atoms with Crippen LogP contribution in [0.15, 0.2) is 60.0 Å². The van der Waals surface area contributed by atoms with Crippen LogP contribution in [-0.2, 0) is 25.5 Å². The first-order chi connectivity index (χ1) is 15.0. The number of Topliss-reactive ketones (excluding diaryl/α,β-unsaturated/α-hetero) is 1. The number of nitrogens with one attached hydrogen (secondary N) is 1. The number of fused-ring (bicyclic) bond motifs is 1. The third kappa shape index (κ3) is 6.12. The summed E-state index contributed by atoms with van der Waals surface area (Å²) >= 11 is 5.96. The number of ketones is 1. The standard InChI is InChI=1S/C23H27ClN2O5/c1-3-29-21(23(28)30-4-2)13-16-5-8-18(9-6-16)31-12-11-26-15-17-7-10-20(24)22(27)19(17)14-25-26/h5-10,14-15,20-21,25H,3-4,11-13H2,1-2H3. The molecular weight excluding hydrogens is 420 g/mol. The minimum atomic E-state index is -0.609. The van der Waals surface area contributed by atoms with E-state index in [0.29, 0.717) is 38.4 Å². The van der Waals surface area contributed by atoms with Crippen LogP contribution in [0.1, 0.15) is 19.4 Å². The van der Waals surface area contributed by atoms with Gasteiger partial charge in [-0.25, -0.2) is 4.79 Å². The topological polar surface area (TPSA) is 77.1 Å². The largest absolute Gasteiger partial charge is 0.492 e. The van der Waals surface area contributed by atoms with E-state index in [4.69, 9.17) is 25.8 Å². The summed E-state index contributed by atoms with van der Waals surface area (Å²) in [7, 11) is 0. The molecule has 0 saturated carbocycles. The Morgan fingerprint density at radius 1 is 1.23 bits per heavy atom. The zero-order valence-corrected chi connectivity index (χ0v) is 18.4. The molecule has 2 aliphatic rings. The lowest BCUT2D eigenvalue weighted by Crippen LogP contribution is -2.38. The van der Waals surface area contributed by atoms with E-state index in [2.05, 4.69) is 5.43 Å². The second-order valence-corrected chi connectivity index (χ2v) is 7.45. The Balaban J connectivity index is 1.48. The molecule has 1 aliphatic heterocycles. The highest BCUT2D eigenvalue weighted by atomic mass is 35.5. The van der Waals surface area contributed by atoms with Crippen LogP contribution in [0.3, 0.4) is 0 Å². The van der Waals surface area contributed by atoms with E-state index in [0.717, 1.165) is 16.9 Å². The SMILES string of the molecule is CCOC(=O)C(Cc1ccc(OCCN2C=C3C=CC(Cl)C(=O)C3=CN2)cc1)OCC. The molecule has 0 bridgehead atoms. The third-order valence-electron chi connectivity index (χ3n) is 4.80. The second kappa shape index (κ2) is 11.0. The van der Waals surface area contributed by atoms with E-state index in [-0.39, 0.29) is 11.8 Å². The predicted octanol–water partition coefficient (Wildman–Crippen LogP) is 2.91. The van der Waals surface area contributed by atoms with Crippen molar-refractivity contribution in [2.45, 2.75) is 31.7 Å². The highest BCUT2D eigenvalue weighted by molar-refractivity contribution is 6.36. The summed E-state index contributed by atoms with van der Waals surface area (Å²) in [4.78, 5) is 24.1. The first-order valence-electron chi connectivity index (χ1n) is 10.3. The van der Waals surface area contributed by atoms with Crippen molar-refractivity contribution in [1.29, 1.82) is 0 Å². The molecule has 1 aromatic carbocycles.